The van der Waals surface area contributed by atoms with Crippen LogP contribution in [0.2, 0.25) is 0 Å². The van der Waals surface area contributed by atoms with Crippen molar-refractivity contribution in [3.05, 3.63) is 35.4 Å². The van der Waals surface area contributed by atoms with Gasteiger partial charge in [0, 0.05) is 19.0 Å². The summed E-state index contributed by atoms with van der Waals surface area (Å²) < 4.78 is 37.9. The summed E-state index contributed by atoms with van der Waals surface area (Å²) in [6, 6.07) is 5.48. The van der Waals surface area contributed by atoms with Gasteiger partial charge in [-0.05, 0) is 55.7 Å². The van der Waals surface area contributed by atoms with Crippen molar-refractivity contribution in [2.45, 2.75) is 65.0 Å². The predicted molar refractivity (Wildman–Crippen MR) is 97.8 cm³/mol. The quantitative estimate of drug-likeness (QED) is 0.603. The molecule has 1 atom stereocenters. The second kappa shape index (κ2) is 9.43. The third kappa shape index (κ3) is 5.75. The van der Waals surface area contributed by atoms with Crippen LogP contribution in [0, 0.1) is 11.8 Å². The summed E-state index contributed by atoms with van der Waals surface area (Å²) in [7, 11) is 0. The van der Waals surface area contributed by atoms with Crippen LogP contribution in [-0.2, 0) is 17.4 Å². The molecule has 0 unspecified atom stereocenters. The van der Waals surface area contributed by atoms with Crippen molar-refractivity contribution < 1.29 is 18.0 Å². The van der Waals surface area contributed by atoms with Gasteiger partial charge in [0.25, 0.3) is 0 Å². The summed E-state index contributed by atoms with van der Waals surface area (Å²) in [5.74, 6) is 0.863. The molecule has 5 heteroatoms. The van der Waals surface area contributed by atoms with Crippen LogP contribution in [0.4, 0.5) is 13.2 Å². The van der Waals surface area contributed by atoms with Crippen molar-refractivity contribution >= 4 is 5.91 Å². The number of carbonyl (C=O) groups is 1. The van der Waals surface area contributed by atoms with Crippen LogP contribution < -0.4 is 0 Å². The van der Waals surface area contributed by atoms with Crippen molar-refractivity contribution in [3.63, 3.8) is 0 Å². The summed E-state index contributed by atoms with van der Waals surface area (Å²) in [6.07, 6.45) is 2.42. The van der Waals surface area contributed by atoms with E-state index in [2.05, 4.69) is 13.8 Å². The minimum absolute atomic E-state index is 0.140. The fraction of sp³-hybridized carbons (Fsp3) is 0.667. The van der Waals surface area contributed by atoms with E-state index in [4.69, 9.17) is 0 Å². The van der Waals surface area contributed by atoms with E-state index in [1.165, 1.54) is 0 Å². The SMILES string of the molecule is CCCC[C@H](CC)C(=O)N1CCC(Cc2ccc(C(F)(F)F)cc2)CC1. The molecule has 1 aliphatic rings. The summed E-state index contributed by atoms with van der Waals surface area (Å²) in [4.78, 5) is 14.6. The van der Waals surface area contributed by atoms with E-state index in [1.807, 2.05) is 4.90 Å². The molecule has 2 nitrogen and oxygen atoms in total. The molecule has 0 N–H and O–H groups in total. The number of piperidine rings is 1. The lowest BCUT2D eigenvalue weighted by Gasteiger charge is -2.34. The predicted octanol–water partition coefficient (Wildman–Crippen LogP) is 5.70. The van der Waals surface area contributed by atoms with E-state index in [1.54, 1.807) is 12.1 Å². The Morgan fingerprint density at radius 3 is 2.27 bits per heavy atom. The van der Waals surface area contributed by atoms with Gasteiger partial charge >= 0.3 is 6.18 Å². The van der Waals surface area contributed by atoms with Crippen LogP contribution in [0.1, 0.15) is 63.5 Å². The normalized spacial score (nSPS) is 17.3. The second-order valence-corrected chi connectivity index (χ2v) is 7.41. The third-order valence-electron chi connectivity index (χ3n) is 5.48. The molecule has 0 spiro atoms. The Morgan fingerprint density at radius 2 is 1.77 bits per heavy atom. The van der Waals surface area contributed by atoms with Crippen LogP contribution in [-0.4, -0.2) is 23.9 Å². The first-order chi connectivity index (χ1) is 12.3. The lowest BCUT2D eigenvalue weighted by molar-refractivity contribution is -0.138. The molecule has 0 aliphatic carbocycles. The van der Waals surface area contributed by atoms with Crippen LogP contribution >= 0.6 is 0 Å². The van der Waals surface area contributed by atoms with Gasteiger partial charge in [0.2, 0.25) is 5.91 Å². The average Bonchev–Trinajstić information content (AvgIpc) is 2.62. The van der Waals surface area contributed by atoms with Gasteiger partial charge in [-0.2, -0.15) is 13.2 Å². The first kappa shape index (κ1) is 20.8. The zero-order chi connectivity index (χ0) is 19.2. The number of hydrogen-bond acceptors (Lipinski definition) is 1. The zero-order valence-electron chi connectivity index (χ0n) is 15.8. The molecule has 1 heterocycles. The van der Waals surface area contributed by atoms with Gasteiger partial charge in [-0.1, -0.05) is 38.8 Å². The van der Waals surface area contributed by atoms with E-state index < -0.39 is 11.7 Å². The highest BCUT2D eigenvalue weighted by Crippen LogP contribution is 2.30. The summed E-state index contributed by atoms with van der Waals surface area (Å²) >= 11 is 0. The van der Waals surface area contributed by atoms with Gasteiger partial charge < -0.3 is 4.90 Å². The van der Waals surface area contributed by atoms with E-state index in [0.29, 0.717) is 5.92 Å². The molecule has 0 saturated carbocycles. The largest absolute Gasteiger partial charge is 0.416 e. The van der Waals surface area contributed by atoms with Crippen LogP contribution in [0.3, 0.4) is 0 Å². The highest BCUT2D eigenvalue weighted by Gasteiger charge is 2.30. The molecule has 0 radical (unpaired) electrons. The number of unbranched alkanes of at least 4 members (excludes halogenated alkanes) is 1. The zero-order valence-corrected chi connectivity index (χ0v) is 15.8. The van der Waals surface area contributed by atoms with Gasteiger partial charge in [0.05, 0.1) is 5.56 Å². The molecule has 1 amide bonds. The minimum atomic E-state index is -4.28. The Kier molecular flexibility index (Phi) is 7.54. The van der Waals surface area contributed by atoms with Gasteiger partial charge in [0.1, 0.15) is 0 Å². The number of alkyl halides is 3. The van der Waals surface area contributed by atoms with E-state index in [0.717, 1.165) is 75.7 Å². The molecular weight excluding hydrogens is 339 g/mol. The standard InChI is InChI=1S/C21H30F3NO/c1-3-5-6-18(4-2)20(26)25-13-11-17(12-14-25)15-16-7-9-19(10-8-16)21(22,23)24/h7-10,17-18H,3-6,11-15H2,1-2H3/t18-/m0/s1. The molecule has 0 bridgehead atoms. The van der Waals surface area contributed by atoms with Crippen molar-refractivity contribution in [1.29, 1.82) is 0 Å². The van der Waals surface area contributed by atoms with Crippen LogP contribution in [0.25, 0.3) is 0 Å². The first-order valence-corrected chi connectivity index (χ1v) is 9.80. The Labute approximate surface area is 154 Å². The minimum Gasteiger partial charge on any atom is -0.342 e. The molecule has 146 valence electrons. The Bertz CT molecular complexity index is 560. The number of carbonyl (C=O) groups excluding carboxylic acids is 1. The Morgan fingerprint density at radius 1 is 1.15 bits per heavy atom. The smallest absolute Gasteiger partial charge is 0.342 e. The van der Waals surface area contributed by atoms with Gasteiger partial charge in [-0.15, -0.1) is 0 Å². The fourth-order valence-electron chi connectivity index (χ4n) is 3.73. The number of rotatable bonds is 7. The van der Waals surface area contributed by atoms with Crippen molar-refractivity contribution in [1.82, 2.24) is 4.90 Å². The molecule has 1 aromatic carbocycles. The summed E-state index contributed by atoms with van der Waals surface area (Å²) in [5, 5.41) is 0. The lowest BCUT2D eigenvalue weighted by atomic mass is 9.88. The highest BCUT2D eigenvalue weighted by atomic mass is 19.4. The van der Waals surface area contributed by atoms with Crippen molar-refractivity contribution in [3.8, 4) is 0 Å². The van der Waals surface area contributed by atoms with Gasteiger partial charge in [0.15, 0.2) is 0 Å². The molecule has 1 fully saturated rings. The number of likely N-dealkylation sites (tertiary alicyclic amines) is 1. The molecule has 26 heavy (non-hydrogen) atoms. The second-order valence-electron chi connectivity index (χ2n) is 7.41. The molecule has 2 rings (SSSR count). The van der Waals surface area contributed by atoms with E-state index in [9.17, 15) is 18.0 Å². The lowest BCUT2D eigenvalue weighted by Crippen LogP contribution is -2.42. The van der Waals surface area contributed by atoms with Gasteiger partial charge in [-0.25, -0.2) is 0 Å². The summed E-state index contributed by atoms with van der Waals surface area (Å²) in [6.45, 7) is 5.76. The Hall–Kier alpha value is -1.52. The maximum absolute atomic E-state index is 12.7. The first-order valence-electron chi connectivity index (χ1n) is 9.80. The average molecular weight is 369 g/mol. The number of nitrogens with zero attached hydrogens (tertiary/aromatic N) is 1. The van der Waals surface area contributed by atoms with Gasteiger partial charge in [-0.3, -0.25) is 4.79 Å². The molecular formula is C21H30F3NO. The van der Waals surface area contributed by atoms with Crippen LogP contribution in [0.5, 0.6) is 0 Å². The summed E-state index contributed by atoms with van der Waals surface area (Å²) in [5.41, 5.74) is 0.344. The number of benzene rings is 1. The number of halogens is 3. The maximum Gasteiger partial charge on any atom is 0.416 e. The molecule has 1 aromatic rings. The van der Waals surface area contributed by atoms with Crippen LogP contribution in [0.15, 0.2) is 24.3 Å². The fourth-order valence-corrected chi connectivity index (χ4v) is 3.73. The topological polar surface area (TPSA) is 20.3 Å². The third-order valence-corrected chi connectivity index (χ3v) is 5.48. The van der Waals surface area contributed by atoms with Crippen molar-refractivity contribution in [2.75, 3.05) is 13.1 Å². The van der Waals surface area contributed by atoms with Crippen molar-refractivity contribution in [2.24, 2.45) is 11.8 Å². The number of hydrogen-bond donors (Lipinski definition) is 0. The molecule has 1 saturated heterocycles. The van der Waals surface area contributed by atoms with E-state index in [-0.39, 0.29) is 11.8 Å². The molecule has 1 aliphatic heterocycles. The number of amides is 1. The Balaban J connectivity index is 1.83. The van der Waals surface area contributed by atoms with E-state index >= 15 is 0 Å². The monoisotopic (exact) mass is 369 g/mol. The maximum atomic E-state index is 12.7. The highest BCUT2D eigenvalue weighted by molar-refractivity contribution is 5.78. The molecule has 0 aromatic heterocycles.